The topological polar surface area (TPSA) is 34.2 Å². The number of methoxy groups -OCH3 is 2. The van der Waals surface area contributed by atoms with Gasteiger partial charge in [0.25, 0.3) is 0 Å². The van der Waals surface area contributed by atoms with Gasteiger partial charge >= 0.3 is 0 Å². The third-order valence-electron chi connectivity index (χ3n) is 6.00. The van der Waals surface area contributed by atoms with Crippen LogP contribution in [0, 0.1) is 5.92 Å². The zero-order valence-corrected chi connectivity index (χ0v) is 16.6. The first-order valence-electron chi connectivity index (χ1n) is 10.1. The van der Waals surface area contributed by atoms with Crippen molar-refractivity contribution in [1.29, 1.82) is 0 Å². The van der Waals surface area contributed by atoms with E-state index in [-0.39, 0.29) is 0 Å². The first kappa shape index (κ1) is 18.0. The monoisotopic (exact) mass is 363 g/mol. The second-order valence-corrected chi connectivity index (χ2v) is 7.64. The Morgan fingerprint density at radius 3 is 2.44 bits per heavy atom. The zero-order valence-electron chi connectivity index (χ0n) is 16.6. The molecule has 1 aliphatic rings. The van der Waals surface area contributed by atoms with Crippen LogP contribution < -0.4 is 9.47 Å². The van der Waals surface area contributed by atoms with Gasteiger partial charge in [-0.25, -0.2) is 0 Å². The third kappa shape index (κ3) is 3.43. The van der Waals surface area contributed by atoms with Crippen LogP contribution in [-0.4, -0.2) is 19.2 Å². The summed E-state index contributed by atoms with van der Waals surface area (Å²) in [6.45, 7) is 2.23. The molecule has 1 N–H and O–H groups in total. The van der Waals surface area contributed by atoms with Gasteiger partial charge in [-0.3, -0.25) is 0 Å². The first-order chi connectivity index (χ1) is 13.2. The molecule has 0 bridgehead atoms. The molecule has 3 aromatic rings. The Labute approximate surface area is 161 Å². The Hall–Kier alpha value is -2.42. The number of benzene rings is 2. The van der Waals surface area contributed by atoms with Gasteiger partial charge in [0.05, 0.1) is 14.2 Å². The fourth-order valence-electron chi connectivity index (χ4n) is 4.58. The van der Waals surface area contributed by atoms with Gasteiger partial charge in [0.1, 0.15) is 0 Å². The fourth-order valence-corrected chi connectivity index (χ4v) is 4.58. The summed E-state index contributed by atoms with van der Waals surface area (Å²) in [6.07, 6.45) is 7.80. The molecule has 1 aromatic heterocycles. The van der Waals surface area contributed by atoms with Crippen molar-refractivity contribution in [3.8, 4) is 22.8 Å². The summed E-state index contributed by atoms with van der Waals surface area (Å²) in [6, 6.07) is 13.1. The van der Waals surface area contributed by atoms with Crippen molar-refractivity contribution in [1.82, 2.24) is 4.98 Å². The van der Waals surface area contributed by atoms with Gasteiger partial charge in [0.15, 0.2) is 11.5 Å². The highest BCUT2D eigenvalue weighted by molar-refractivity contribution is 5.91. The van der Waals surface area contributed by atoms with Crippen LogP contribution in [0.25, 0.3) is 22.2 Å². The maximum absolute atomic E-state index is 5.50. The lowest BCUT2D eigenvalue weighted by Gasteiger charge is -2.10. The van der Waals surface area contributed by atoms with E-state index in [9.17, 15) is 0 Å². The third-order valence-corrected chi connectivity index (χ3v) is 6.00. The summed E-state index contributed by atoms with van der Waals surface area (Å²) >= 11 is 0. The number of hydrogen-bond acceptors (Lipinski definition) is 2. The van der Waals surface area contributed by atoms with Crippen LogP contribution in [0.5, 0.6) is 11.5 Å². The normalized spacial score (nSPS) is 14.8. The summed E-state index contributed by atoms with van der Waals surface area (Å²) in [5.74, 6) is 2.39. The molecule has 1 aliphatic carbocycles. The lowest BCUT2D eigenvalue weighted by Crippen LogP contribution is -1.98. The molecule has 2 aromatic carbocycles. The molecule has 1 heterocycles. The van der Waals surface area contributed by atoms with Gasteiger partial charge in [-0.05, 0) is 60.2 Å². The van der Waals surface area contributed by atoms with Gasteiger partial charge in [0, 0.05) is 22.2 Å². The van der Waals surface area contributed by atoms with Gasteiger partial charge in [-0.1, -0.05) is 38.7 Å². The standard InChI is InChI=1S/C24H29NO2/c1-4-19-20-14-17(13-16-7-5-6-8-16)9-11-21(20)25-24(19)18-10-12-22(26-2)23(15-18)27-3/h9-12,14-16,25H,4-8,13H2,1-3H3. The molecule has 0 aliphatic heterocycles. The second-order valence-electron chi connectivity index (χ2n) is 7.64. The SMILES string of the molecule is CCc1c(-c2ccc(OC)c(OC)c2)[nH]c2ccc(CC3CCCC3)cc12. The van der Waals surface area contributed by atoms with Crippen LogP contribution in [0.3, 0.4) is 0 Å². The summed E-state index contributed by atoms with van der Waals surface area (Å²) in [5.41, 5.74) is 6.39. The van der Waals surface area contributed by atoms with E-state index in [1.807, 2.05) is 6.07 Å². The smallest absolute Gasteiger partial charge is 0.161 e. The molecular weight excluding hydrogens is 334 g/mol. The summed E-state index contributed by atoms with van der Waals surface area (Å²) in [4.78, 5) is 3.64. The Morgan fingerprint density at radius 2 is 1.74 bits per heavy atom. The van der Waals surface area contributed by atoms with E-state index >= 15 is 0 Å². The fraction of sp³-hybridized carbons (Fsp3) is 0.417. The lowest BCUT2D eigenvalue weighted by atomic mass is 9.96. The van der Waals surface area contributed by atoms with Crippen molar-refractivity contribution < 1.29 is 9.47 Å². The maximum Gasteiger partial charge on any atom is 0.161 e. The average molecular weight is 364 g/mol. The highest BCUT2D eigenvalue weighted by Crippen LogP contribution is 2.37. The predicted octanol–water partition coefficient (Wildman–Crippen LogP) is 6.15. The maximum atomic E-state index is 5.50. The number of rotatable bonds is 6. The molecule has 4 rings (SSSR count). The molecule has 0 spiro atoms. The Morgan fingerprint density at radius 1 is 0.963 bits per heavy atom. The molecule has 0 amide bonds. The predicted molar refractivity (Wildman–Crippen MR) is 112 cm³/mol. The molecule has 27 heavy (non-hydrogen) atoms. The number of H-pyrrole nitrogens is 1. The van der Waals surface area contributed by atoms with Gasteiger partial charge in [-0.15, -0.1) is 0 Å². The molecule has 0 saturated heterocycles. The van der Waals surface area contributed by atoms with Gasteiger partial charge in [0.2, 0.25) is 0 Å². The minimum absolute atomic E-state index is 0.759. The van der Waals surface area contributed by atoms with Crippen molar-refractivity contribution in [3.63, 3.8) is 0 Å². The summed E-state index contributed by atoms with van der Waals surface area (Å²) < 4.78 is 10.9. The van der Waals surface area contributed by atoms with Crippen LogP contribution in [0.4, 0.5) is 0 Å². The zero-order chi connectivity index (χ0) is 18.8. The quantitative estimate of drug-likeness (QED) is 0.570. The molecule has 1 saturated carbocycles. The Bertz CT molecular complexity index is 935. The number of hydrogen-bond donors (Lipinski definition) is 1. The number of ether oxygens (including phenoxy) is 2. The van der Waals surface area contributed by atoms with E-state index in [4.69, 9.17) is 9.47 Å². The minimum atomic E-state index is 0.759. The van der Waals surface area contributed by atoms with Crippen LogP contribution in [0.1, 0.15) is 43.7 Å². The highest BCUT2D eigenvalue weighted by Gasteiger charge is 2.18. The van der Waals surface area contributed by atoms with E-state index in [0.717, 1.165) is 29.4 Å². The molecule has 1 fully saturated rings. The van der Waals surface area contributed by atoms with Crippen molar-refractivity contribution in [3.05, 3.63) is 47.5 Å². The minimum Gasteiger partial charge on any atom is -0.493 e. The van der Waals surface area contributed by atoms with E-state index in [1.165, 1.54) is 59.8 Å². The largest absolute Gasteiger partial charge is 0.493 e. The summed E-state index contributed by atoms with van der Waals surface area (Å²) in [7, 11) is 3.35. The van der Waals surface area contributed by atoms with E-state index in [2.05, 4.69) is 42.2 Å². The second kappa shape index (κ2) is 7.67. The van der Waals surface area contributed by atoms with Gasteiger partial charge < -0.3 is 14.5 Å². The van der Waals surface area contributed by atoms with Crippen molar-refractivity contribution >= 4 is 10.9 Å². The Kier molecular flexibility index (Phi) is 5.11. The number of nitrogens with one attached hydrogen (secondary N) is 1. The molecular formula is C24H29NO2. The van der Waals surface area contributed by atoms with Gasteiger partial charge in [-0.2, -0.15) is 0 Å². The Balaban J connectivity index is 1.74. The van der Waals surface area contributed by atoms with Crippen LogP contribution in [0.15, 0.2) is 36.4 Å². The van der Waals surface area contributed by atoms with E-state index < -0.39 is 0 Å². The molecule has 0 unspecified atom stereocenters. The van der Waals surface area contributed by atoms with E-state index in [0.29, 0.717) is 0 Å². The first-order valence-corrected chi connectivity index (χ1v) is 10.1. The number of aromatic amines is 1. The van der Waals surface area contributed by atoms with Crippen molar-refractivity contribution in [2.45, 2.75) is 45.4 Å². The lowest BCUT2D eigenvalue weighted by molar-refractivity contribution is 0.355. The molecule has 142 valence electrons. The van der Waals surface area contributed by atoms with Crippen LogP contribution >= 0.6 is 0 Å². The average Bonchev–Trinajstić information content (AvgIpc) is 3.34. The number of fused-ring (bicyclic) bond motifs is 1. The van der Waals surface area contributed by atoms with E-state index in [1.54, 1.807) is 14.2 Å². The van der Waals surface area contributed by atoms with Crippen molar-refractivity contribution in [2.24, 2.45) is 5.92 Å². The number of aromatic nitrogens is 1. The van der Waals surface area contributed by atoms with Crippen molar-refractivity contribution in [2.75, 3.05) is 14.2 Å². The number of aryl methyl sites for hydroxylation is 1. The van der Waals surface area contributed by atoms with Crippen LogP contribution in [0.2, 0.25) is 0 Å². The highest BCUT2D eigenvalue weighted by atomic mass is 16.5. The van der Waals surface area contributed by atoms with Crippen LogP contribution in [-0.2, 0) is 12.8 Å². The summed E-state index contributed by atoms with van der Waals surface area (Å²) in [5, 5.41) is 1.36. The molecule has 3 heteroatoms. The molecule has 3 nitrogen and oxygen atoms in total. The molecule has 0 atom stereocenters. The molecule has 0 radical (unpaired) electrons.